The van der Waals surface area contributed by atoms with Crippen molar-refractivity contribution in [3.05, 3.63) is 40.4 Å². The fraction of sp³-hybridized carbons (Fsp3) is 0.333. The molecule has 0 bridgehead atoms. The second-order valence-electron chi connectivity index (χ2n) is 5.21. The number of rotatable bonds is 1. The number of carbonyl (C=O) groups is 1. The molecule has 2 atom stereocenters. The third-order valence-corrected chi connectivity index (χ3v) is 4.14. The lowest BCUT2D eigenvalue weighted by Crippen LogP contribution is -2.40. The van der Waals surface area contributed by atoms with Crippen LogP contribution in [0.4, 0.5) is 5.69 Å². The van der Waals surface area contributed by atoms with Gasteiger partial charge in [-0.1, -0.05) is 23.2 Å². The highest BCUT2D eigenvalue weighted by molar-refractivity contribution is 6.31. The summed E-state index contributed by atoms with van der Waals surface area (Å²) in [6.07, 6.45) is 1.12. The van der Waals surface area contributed by atoms with Crippen LogP contribution in [0.15, 0.2) is 34.9 Å². The second-order valence-corrected chi connectivity index (χ2v) is 5.62. The highest BCUT2D eigenvalue weighted by Crippen LogP contribution is 2.36. The van der Waals surface area contributed by atoms with E-state index in [1.807, 2.05) is 39.0 Å². The number of esters is 1. The molecule has 0 unspecified atom stereocenters. The molecular weight excluding hydrogens is 276 g/mol. The van der Waals surface area contributed by atoms with Gasteiger partial charge in [0.2, 0.25) is 6.23 Å². The zero-order chi connectivity index (χ0) is 14.4. The second kappa shape index (κ2) is 4.63. The monoisotopic (exact) mass is 290 g/mol. The van der Waals surface area contributed by atoms with Crippen molar-refractivity contribution in [3.8, 4) is 0 Å². The number of benzene rings is 1. The minimum Gasteiger partial charge on any atom is -0.435 e. The summed E-state index contributed by atoms with van der Waals surface area (Å²) >= 11 is 6.17. The molecule has 0 radical (unpaired) electrons. The third kappa shape index (κ3) is 2.00. The van der Waals surface area contributed by atoms with E-state index in [1.165, 1.54) is 6.08 Å². The van der Waals surface area contributed by atoms with E-state index in [0.29, 0.717) is 5.02 Å². The maximum atomic E-state index is 11.6. The number of nitrogens with zero attached hydrogens (tertiary/aromatic N) is 2. The van der Waals surface area contributed by atoms with E-state index in [2.05, 4.69) is 5.10 Å². The molecule has 0 fully saturated rings. The van der Waals surface area contributed by atoms with E-state index in [4.69, 9.17) is 16.3 Å². The first-order valence-electron chi connectivity index (χ1n) is 6.46. The number of ether oxygens (including phenoxy) is 1. The van der Waals surface area contributed by atoms with Crippen LogP contribution in [0, 0.1) is 12.8 Å². The Kier molecular flexibility index (Phi) is 3.05. The average Bonchev–Trinajstić information content (AvgIpc) is 2.70. The number of fused-ring (bicyclic) bond motifs is 1. The number of carbonyl (C=O) groups excluding carboxylic acids is 1. The Labute approximate surface area is 122 Å². The number of aryl methyl sites for hydroxylation is 1. The molecule has 2 heterocycles. The molecule has 2 aliphatic rings. The normalized spacial score (nSPS) is 25.0. The Morgan fingerprint density at radius 1 is 1.30 bits per heavy atom. The molecule has 104 valence electrons. The van der Waals surface area contributed by atoms with Gasteiger partial charge in [0, 0.05) is 16.8 Å². The van der Waals surface area contributed by atoms with Crippen molar-refractivity contribution in [3.63, 3.8) is 0 Å². The highest BCUT2D eigenvalue weighted by Gasteiger charge is 2.42. The van der Waals surface area contributed by atoms with Crippen LogP contribution in [-0.2, 0) is 9.53 Å². The minimum absolute atomic E-state index is 0.0211. The Hall–Kier alpha value is -1.81. The Morgan fingerprint density at radius 3 is 2.75 bits per heavy atom. The van der Waals surface area contributed by atoms with Crippen LogP contribution in [-0.4, -0.2) is 17.9 Å². The van der Waals surface area contributed by atoms with E-state index in [0.717, 1.165) is 22.5 Å². The first kappa shape index (κ1) is 13.2. The minimum atomic E-state index is -0.411. The smallest absolute Gasteiger partial charge is 0.332 e. The largest absolute Gasteiger partial charge is 0.435 e. The van der Waals surface area contributed by atoms with Crippen LogP contribution in [0.2, 0.25) is 5.02 Å². The molecule has 2 aliphatic heterocycles. The SMILES string of the molecule is CC1=CC(=O)O[C@@H]2[C@H]1C(C)=NN2c1ccc(C)c(Cl)c1. The highest BCUT2D eigenvalue weighted by atomic mass is 35.5. The molecule has 20 heavy (non-hydrogen) atoms. The summed E-state index contributed by atoms with van der Waals surface area (Å²) in [4.78, 5) is 11.6. The zero-order valence-corrected chi connectivity index (χ0v) is 12.3. The van der Waals surface area contributed by atoms with Crippen LogP contribution in [0.3, 0.4) is 0 Å². The van der Waals surface area contributed by atoms with Crippen LogP contribution in [0.1, 0.15) is 19.4 Å². The lowest BCUT2D eigenvalue weighted by Gasteiger charge is -2.30. The Morgan fingerprint density at radius 2 is 2.05 bits per heavy atom. The molecule has 3 rings (SSSR count). The first-order chi connectivity index (χ1) is 9.47. The number of hydrazone groups is 1. The van der Waals surface area contributed by atoms with E-state index in [1.54, 1.807) is 5.01 Å². The van der Waals surface area contributed by atoms with E-state index in [-0.39, 0.29) is 11.9 Å². The van der Waals surface area contributed by atoms with Crippen molar-refractivity contribution >= 4 is 29.0 Å². The van der Waals surface area contributed by atoms with Crippen molar-refractivity contribution in [2.24, 2.45) is 11.0 Å². The van der Waals surface area contributed by atoms with Crippen molar-refractivity contribution in [2.75, 3.05) is 5.01 Å². The fourth-order valence-corrected chi connectivity index (χ4v) is 2.84. The van der Waals surface area contributed by atoms with Gasteiger partial charge in [-0.3, -0.25) is 0 Å². The topological polar surface area (TPSA) is 41.9 Å². The van der Waals surface area contributed by atoms with Crippen molar-refractivity contribution < 1.29 is 9.53 Å². The summed E-state index contributed by atoms with van der Waals surface area (Å²) in [5.41, 5.74) is 3.75. The number of hydrogen-bond acceptors (Lipinski definition) is 4. The van der Waals surface area contributed by atoms with E-state index < -0.39 is 6.23 Å². The molecule has 0 amide bonds. The zero-order valence-electron chi connectivity index (χ0n) is 11.6. The van der Waals surface area contributed by atoms with Crippen molar-refractivity contribution in [2.45, 2.75) is 27.0 Å². The number of hydrogen-bond donors (Lipinski definition) is 0. The Balaban J connectivity index is 2.01. The first-order valence-corrected chi connectivity index (χ1v) is 6.84. The molecule has 0 saturated carbocycles. The van der Waals surface area contributed by atoms with E-state index >= 15 is 0 Å². The van der Waals surface area contributed by atoms with Gasteiger partial charge in [0.15, 0.2) is 0 Å². The van der Waals surface area contributed by atoms with Gasteiger partial charge in [-0.2, -0.15) is 5.10 Å². The van der Waals surface area contributed by atoms with Crippen LogP contribution < -0.4 is 5.01 Å². The van der Waals surface area contributed by atoms with Crippen LogP contribution in [0.25, 0.3) is 0 Å². The Bertz CT molecular complexity index is 651. The molecule has 1 aromatic rings. The van der Waals surface area contributed by atoms with Crippen molar-refractivity contribution in [1.29, 1.82) is 0 Å². The van der Waals surface area contributed by atoms with Crippen molar-refractivity contribution in [1.82, 2.24) is 0 Å². The summed E-state index contributed by atoms with van der Waals surface area (Å²) in [5.74, 6) is -0.301. The molecule has 0 N–H and O–H groups in total. The maximum absolute atomic E-state index is 11.6. The van der Waals surface area contributed by atoms with Gasteiger partial charge in [0.25, 0.3) is 0 Å². The summed E-state index contributed by atoms with van der Waals surface area (Å²) in [7, 11) is 0. The van der Waals surface area contributed by atoms with Gasteiger partial charge in [-0.25, -0.2) is 9.80 Å². The molecule has 5 heteroatoms. The molecule has 0 saturated heterocycles. The maximum Gasteiger partial charge on any atom is 0.332 e. The summed E-state index contributed by atoms with van der Waals surface area (Å²) in [6, 6.07) is 5.71. The van der Waals surface area contributed by atoms with Gasteiger partial charge < -0.3 is 4.74 Å². The predicted octanol–water partition coefficient (Wildman–Crippen LogP) is 3.29. The van der Waals surface area contributed by atoms with Gasteiger partial charge in [-0.15, -0.1) is 0 Å². The van der Waals surface area contributed by atoms with Gasteiger partial charge >= 0.3 is 5.97 Å². The summed E-state index contributed by atoms with van der Waals surface area (Å²) in [6.45, 7) is 5.83. The summed E-state index contributed by atoms with van der Waals surface area (Å²) < 4.78 is 5.44. The summed E-state index contributed by atoms with van der Waals surface area (Å²) in [5, 5.41) is 6.94. The van der Waals surface area contributed by atoms with E-state index in [9.17, 15) is 4.79 Å². The standard InChI is InChI=1S/C15H15ClN2O2/c1-8-4-5-11(7-12(8)16)18-15-14(10(3)17-18)9(2)6-13(19)20-15/h4-7,14-15H,1-3H3/t14-,15-/m1/s1. The molecule has 0 aliphatic carbocycles. The third-order valence-electron chi connectivity index (χ3n) is 3.73. The lowest BCUT2D eigenvalue weighted by molar-refractivity contribution is -0.145. The van der Waals surface area contributed by atoms with Gasteiger partial charge in [-0.05, 0) is 38.5 Å². The number of anilines is 1. The molecule has 4 nitrogen and oxygen atoms in total. The van der Waals surface area contributed by atoms with Crippen LogP contribution >= 0.6 is 11.6 Å². The van der Waals surface area contributed by atoms with Crippen LogP contribution in [0.5, 0.6) is 0 Å². The fourth-order valence-electron chi connectivity index (χ4n) is 2.67. The molecule has 0 spiro atoms. The lowest BCUT2D eigenvalue weighted by atomic mass is 9.93. The van der Waals surface area contributed by atoms with Gasteiger partial charge in [0.05, 0.1) is 11.6 Å². The predicted molar refractivity (Wildman–Crippen MR) is 78.9 cm³/mol. The quantitative estimate of drug-likeness (QED) is 0.745. The average molecular weight is 291 g/mol. The molecular formula is C15H15ClN2O2. The number of halogens is 1. The van der Waals surface area contributed by atoms with Gasteiger partial charge in [0.1, 0.15) is 0 Å². The molecule has 0 aromatic heterocycles. The molecule has 1 aromatic carbocycles.